The van der Waals surface area contributed by atoms with Gasteiger partial charge in [-0.25, -0.2) is 0 Å². The molecular formula is C22H17BrN2O3. The van der Waals surface area contributed by atoms with Crippen LogP contribution in [0.5, 0.6) is 17.2 Å². The summed E-state index contributed by atoms with van der Waals surface area (Å²) in [5.74, 6) is 1.53. The van der Waals surface area contributed by atoms with Crippen LogP contribution in [0.15, 0.2) is 64.5 Å². The normalized spacial score (nSPS) is 15.6. The molecule has 0 aliphatic carbocycles. The number of hydrogen-bond donors (Lipinski definition) is 1. The highest BCUT2D eigenvalue weighted by Gasteiger charge is 2.32. The molecule has 0 bridgehead atoms. The van der Waals surface area contributed by atoms with E-state index in [9.17, 15) is 5.26 Å². The zero-order valence-electron chi connectivity index (χ0n) is 15.3. The molecular weight excluding hydrogens is 420 g/mol. The molecule has 28 heavy (non-hydrogen) atoms. The highest BCUT2D eigenvalue weighted by atomic mass is 79.9. The first-order valence-electron chi connectivity index (χ1n) is 8.59. The van der Waals surface area contributed by atoms with Crippen molar-refractivity contribution in [3.8, 4) is 23.3 Å². The fourth-order valence-corrected chi connectivity index (χ4v) is 4.21. The van der Waals surface area contributed by atoms with Crippen molar-refractivity contribution in [1.29, 1.82) is 5.26 Å². The van der Waals surface area contributed by atoms with Crippen LogP contribution in [0.25, 0.3) is 10.8 Å². The summed E-state index contributed by atoms with van der Waals surface area (Å²) in [7, 11) is 3.16. The molecule has 0 saturated heterocycles. The Kier molecular flexibility index (Phi) is 4.62. The van der Waals surface area contributed by atoms with Crippen LogP contribution in [0, 0.1) is 11.3 Å². The lowest BCUT2D eigenvalue weighted by molar-refractivity contribution is 0.352. The fraction of sp³-hybridized carbons (Fsp3) is 0.136. The van der Waals surface area contributed by atoms with Gasteiger partial charge in [-0.15, -0.1) is 0 Å². The topological polar surface area (TPSA) is 77.5 Å². The van der Waals surface area contributed by atoms with E-state index in [1.807, 2.05) is 48.5 Å². The largest absolute Gasteiger partial charge is 0.493 e. The number of hydrogen-bond acceptors (Lipinski definition) is 5. The minimum atomic E-state index is -0.380. The number of halogens is 1. The van der Waals surface area contributed by atoms with Crippen LogP contribution in [0.2, 0.25) is 0 Å². The molecule has 3 aromatic rings. The molecule has 0 saturated carbocycles. The molecule has 1 heterocycles. The summed E-state index contributed by atoms with van der Waals surface area (Å²) in [5, 5.41) is 11.9. The van der Waals surface area contributed by atoms with Crippen LogP contribution in [-0.4, -0.2) is 14.2 Å². The molecule has 0 fully saturated rings. The average molecular weight is 437 g/mol. The third-order valence-corrected chi connectivity index (χ3v) is 5.46. The van der Waals surface area contributed by atoms with Gasteiger partial charge in [0, 0.05) is 5.56 Å². The van der Waals surface area contributed by atoms with Gasteiger partial charge in [0.05, 0.1) is 24.6 Å². The van der Waals surface area contributed by atoms with Crippen molar-refractivity contribution in [2.75, 3.05) is 14.2 Å². The number of methoxy groups -OCH3 is 2. The van der Waals surface area contributed by atoms with E-state index in [1.165, 1.54) is 0 Å². The van der Waals surface area contributed by atoms with Crippen LogP contribution in [0.1, 0.15) is 17.0 Å². The maximum Gasteiger partial charge on any atom is 0.205 e. The predicted octanol–water partition coefficient (Wildman–Crippen LogP) is 4.84. The number of nitrogens with two attached hydrogens (primary N) is 1. The molecule has 0 aromatic heterocycles. The molecule has 1 unspecified atom stereocenters. The van der Waals surface area contributed by atoms with Crippen LogP contribution < -0.4 is 19.9 Å². The first-order valence-corrected chi connectivity index (χ1v) is 9.38. The number of benzene rings is 3. The molecule has 3 aromatic carbocycles. The Labute approximate surface area is 171 Å². The van der Waals surface area contributed by atoms with Crippen molar-refractivity contribution in [3.63, 3.8) is 0 Å². The lowest BCUT2D eigenvalue weighted by atomic mass is 9.82. The van der Waals surface area contributed by atoms with E-state index in [0.29, 0.717) is 22.8 Å². The van der Waals surface area contributed by atoms with Crippen LogP contribution in [0.4, 0.5) is 0 Å². The van der Waals surface area contributed by atoms with Crippen molar-refractivity contribution >= 4 is 26.7 Å². The van der Waals surface area contributed by atoms with Gasteiger partial charge in [-0.1, -0.05) is 24.3 Å². The first-order chi connectivity index (χ1) is 13.6. The lowest BCUT2D eigenvalue weighted by Crippen LogP contribution is -2.21. The predicted molar refractivity (Wildman–Crippen MR) is 110 cm³/mol. The Morgan fingerprint density at radius 2 is 1.79 bits per heavy atom. The van der Waals surface area contributed by atoms with Gasteiger partial charge in [-0.05, 0) is 56.5 Å². The number of fused-ring (bicyclic) bond motifs is 2. The molecule has 0 spiro atoms. The molecule has 140 valence electrons. The summed E-state index contributed by atoms with van der Waals surface area (Å²) >= 11 is 3.54. The van der Waals surface area contributed by atoms with Gasteiger partial charge in [-0.2, -0.15) is 5.26 Å². The fourth-order valence-electron chi connectivity index (χ4n) is 3.59. The molecule has 1 atom stereocenters. The van der Waals surface area contributed by atoms with Crippen LogP contribution >= 0.6 is 15.9 Å². The Bertz CT molecular complexity index is 1160. The molecule has 1 aliphatic heterocycles. The quantitative estimate of drug-likeness (QED) is 0.635. The summed E-state index contributed by atoms with van der Waals surface area (Å²) in [4.78, 5) is 0. The standard InChI is InChI=1S/C22H17BrN2O3/c1-26-19-10-14(8-17(23)21(19)27-2)20-15-7-12-5-3-4-6-13(12)9-18(15)28-22(25)16(20)11-24/h3-10,20H,25H2,1-2H3. The van der Waals surface area contributed by atoms with Crippen molar-refractivity contribution in [2.45, 2.75) is 5.92 Å². The van der Waals surface area contributed by atoms with Gasteiger partial charge in [-0.3, -0.25) is 0 Å². The van der Waals surface area contributed by atoms with Gasteiger partial charge >= 0.3 is 0 Å². The highest BCUT2D eigenvalue weighted by molar-refractivity contribution is 9.10. The Balaban J connectivity index is 1.99. The SMILES string of the molecule is COc1cc(C2C(C#N)=C(N)Oc3cc4ccccc4cc32)cc(Br)c1OC. The Morgan fingerprint density at radius 3 is 2.43 bits per heavy atom. The molecule has 5 nitrogen and oxygen atoms in total. The highest BCUT2D eigenvalue weighted by Crippen LogP contribution is 2.47. The second kappa shape index (κ2) is 7.10. The zero-order chi connectivity index (χ0) is 19.8. The molecule has 0 radical (unpaired) electrons. The van der Waals surface area contributed by atoms with E-state index in [0.717, 1.165) is 26.4 Å². The van der Waals surface area contributed by atoms with Gasteiger partial charge in [0.25, 0.3) is 0 Å². The summed E-state index contributed by atoms with van der Waals surface area (Å²) in [6, 6.07) is 18.0. The molecule has 6 heteroatoms. The van der Waals surface area contributed by atoms with Gasteiger partial charge < -0.3 is 19.9 Å². The number of ether oxygens (including phenoxy) is 3. The molecule has 2 N–H and O–H groups in total. The monoisotopic (exact) mass is 436 g/mol. The second-order valence-corrected chi connectivity index (χ2v) is 7.25. The minimum absolute atomic E-state index is 0.112. The van der Waals surface area contributed by atoms with Crippen LogP contribution in [0.3, 0.4) is 0 Å². The number of allylic oxidation sites excluding steroid dienone is 1. The molecule has 4 rings (SSSR count). The van der Waals surface area contributed by atoms with Gasteiger partial charge in [0.2, 0.25) is 5.88 Å². The number of nitriles is 1. The van der Waals surface area contributed by atoms with E-state index in [1.54, 1.807) is 14.2 Å². The van der Waals surface area contributed by atoms with E-state index in [4.69, 9.17) is 19.9 Å². The first kappa shape index (κ1) is 18.2. The lowest BCUT2D eigenvalue weighted by Gasteiger charge is -2.27. The van der Waals surface area contributed by atoms with E-state index < -0.39 is 0 Å². The Morgan fingerprint density at radius 1 is 1.07 bits per heavy atom. The third-order valence-electron chi connectivity index (χ3n) is 4.87. The van der Waals surface area contributed by atoms with Crippen molar-refractivity contribution in [2.24, 2.45) is 5.73 Å². The summed E-state index contributed by atoms with van der Waals surface area (Å²) < 4.78 is 17.4. The maximum absolute atomic E-state index is 9.79. The van der Waals surface area contributed by atoms with E-state index in [2.05, 4.69) is 22.0 Å². The minimum Gasteiger partial charge on any atom is -0.493 e. The van der Waals surface area contributed by atoms with Crippen molar-refractivity contribution in [1.82, 2.24) is 0 Å². The van der Waals surface area contributed by atoms with E-state index in [-0.39, 0.29) is 11.8 Å². The smallest absolute Gasteiger partial charge is 0.205 e. The third kappa shape index (κ3) is 2.85. The van der Waals surface area contributed by atoms with Crippen molar-refractivity contribution in [3.05, 3.63) is 75.6 Å². The van der Waals surface area contributed by atoms with E-state index >= 15 is 0 Å². The van der Waals surface area contributed by atoms with Crippen molar-refractivity contribution < 1.29 is 14.2 Å². The summed E-state index contributed by atoms with van der Waals surface area (Å²) in [6.45, 7) is 0. The molecule has 0 amide bonds. The average Bonchev–Trinajstić information content (AvgIpc) is 2.70. The van der Waals surface area contributed by atoms with Crippen LogP contribution in [-0.2, 0) is 0 Å². The number of rotatable bonds is 3. The van der Waals surface area contributed by atoms with Gasteiger partial charge in [0.15, 0.2) is 11.5 Å². The number of nitrogens with zero attached hydrogens (tertiary/aromatic N) is 1. The molecule has 1 aliphatic rings. The maximum atomic E-state index is 9.79. The Hall–Kier alpha value is -3.17. The summed E-state index contributed by atoms with van der Waals surface area (Å²) in [5.41, 5.74) is 8.20. The zero-order valence-corrected chi connectivity index (χ0v) is 16.9. The van der Waals surface area contributed by atoms with Gasteiger partial charge in [0.1, 0.15) is 17.4 Å². The second-order valence-electron chi connectivity index (χ2n) is 6.40. The summed E-state index contributed by atoms with van der Waals surface area (Å²) in [6.07, 6.45) is 0.